The zero-order chi connectivity index (χ0) is 29.3. The standard InChI is InChI=1S/C22H16Cl2F6N4O5/c1-9-4-10(2-3-14(9)20(36)31-8-15(35)32-19(27)18(25)26)16-17(34(37)38)21(39-33-16,22(28,29)30)11-5-12(23)7-13(24)6-11/h2-7,17-19H,8H2,1H3,(H,31,36)(H,32,35). The van der Waals surface area contributed by atoms with Gasteiger partial charge in [-0.3, -0.25) is 19.7 Å². The number of carbonyl (C=O) groups excluding carboxylic acids is 2. The molecule has 0 aromatic heterocycles. The normalized spacial score (nSPS) is 19.7. The third-order valence-corrected chi connectivity index (χ3v) is 5.99. The van der Waals surface area contributed by atoms with E-state index in [4.69, 9.17) is 28.0 Å². The summed E-state index contributed by atoms with van der Waals surface area (Å²) < 4.78 is 80.6. The van der Waals surface area contributed by atoms with E-state index in [9.17, 15) is 46.0 Å². The lowest BCUT2D eigenvalue weighted by molar-refractivity contribution is -0.540. The van der Waals surface area contributed by atoms with Crippen LogP contribution in [-0.4, -0.2) is 53.9 Å². The Hall–Kier alpha value is -3.59. The second-order valence-electron chi connectivity index (χ2n) is 8.16. The Labute approximate surface area is 225 Å². The Morgan fingerprint density at radius 3 is 2.28 bits per heavy atom. The van der Waals surface area contributed by atoms with Crippen molar-refractivity contribution in [1.29, 1.82) is 0 Å². The molecule has 0 bridgehead atoms. The predicted octanol–water partition coefficient (Wildman–Crippen LogP) is 4.55. The van der Waals surface area contributed by atoms with Crippen molar-refractivity contribution in [1.82, 2.24) is 10.6 Å². The van der Waals surface area contributed by atoms with E-state index in [1.165, 1.54) is 12.2 Å². The van der Waals surface area contributed by atoms with E-state index >= 15 is 0 Å². The molecule has 1 aliphatic heterocycles. The molecule has 2 N–H and O–H groups in total. The van der Waals surface area contributed by atoms with E-state index in [1.807, 2.05) is 0 Å². The van der Waals surface area contributed by atoms with Gasteiger partial charge in [-0.1, -0.05) is 34.4 Å². The molecule has 1 aliphatic rings. The summed E-state index contributed by atoms with van der Waals surface area (Å²) in [5.41, 5.74) is -5.31. The average molecular weight is 601 g/mol. The summed E-state index contributed by atoms with van der Waals surface area (Å²) in [4.78, 5) is 39.5. The van der Waals surface area contributed by atoms with Crippen LogP contribution < -0.4 is 10.6 Å². The maximum absolute atomic E-state index is 14.4. The van der Waals surface area contributed by atoms with E-state index in [-0.39, 0.29) is 26.7 Å². The highest BCUT2D eigenvalue weighted by Crippen LogP contribution is 2.50. The van der Waals surface area contributed by atoms with Crippen molar-refractivity contribution < 1.29 is 45.7 Å². The first-order valence-electron chi connectivity index (χ1n) is 10.6. The number of nitrogens with zero attached hydrogens (tertiary/aromatic N) is 2. The molecule has 3 rings (SSSR count). The number of nitrogens with one attached hydrogen (secondary N) is 2. The topological polar surface area (TPSA) is 123 Å². The second kappa shape index (κ2) is 11.3. The molecule has 0 spiro atoms. The van der Waals surface area contributed by atoms with Crippen LogP contribution in [0.25, 0.3) is 0 Å². The minimum Gasteiger partial charge on any atom is -0.366 e. The molecule has 210 valence electrons. The van der Waals surface area contributed by atoms with Crippen LogP contribution in [0.1, 0.15) is 27.0 Å². The highest BCUT2D eigenvalue weighted by molar-refractivity contribution is 6.34. The summed E-state index contributed by atoms with van der Waals surface area (Å²) in [6.07, 6.45) is -11.8. The summed E-state index contributed by atoms with van der Waals surface area (Å²) in [6, 6.07) is 3.41. The number of nitro groups is 1. The third-order valence-electron chi connectivity index (χ3n) is 5.55. The Balaban J connectivity index is 1.91. The van der Waals surface area contributed by atoms with Crippen LogP contribution in [0.2, 0.25) is 10.0 Å². The molecule has 3 atom stereocenters. The van der Waals surface area contributed by atoms with E-state index in [1.54, 1.807) is 0 Å². The fourth-order valence-electron chi connectivity index (χ4n) is 3.82. The maximum Gasteiger partial charge on any atom is 0.443 e. The number of carbonyl (C=O) groups is 2. The van der Waals surface area contributed by atoms with Crippen molar-refractivity contribution in [3.05, 3.63) is 78.8 Å². The zero-order valence-electron chi connectivity index (χ0n) is 19.4. The molecule has 2 aromatic carbocycles. The number of rotatable bonds is 8. The fraction of sp³-hybridized carbons (Fsp3) is 0.318. The van der Waals surface area contributed by atoms with E-state index in [0.29, 0.717) is 0 Å². The van der Waals surface area contributed by atoms with Crippen molar-refractivity contribution in [2.75, 3.05) is 6.54 Å². The molecule has 39 heavy (non-hydrogen) atoms. The summed E-state index contributed by atoms with van der Waals surface area (Å²) in [5, 5.41) is 18.3. The first-order valence-corrected chi connectivity index (χ1v) is 11.4. The van der Waals surface area contributed by atoms with Crippen molar-refractivity contribution in [2.45, 2.75) is 37.5 Å². The molecule has 3 unspecified atom stereocenters. The van der Waals surface area contributed by atoms with Crippen LogP contribution in [0.3, 0.4) is 0 Å². The minimum absolute atomic E-state index is 0.0847. The highest BCUT2D eigenvalue weighted by Gasteiger charge is 2.74. The quantitative estimate of drug-likeness (QED) is 0.199. The van der Waals surface area contributed by atoms with Crippen molar-refractivity contribution in [3.63, 3.8) is 0 Å². The zero-order valence-corrected chi connectivity index (χ0v) is 20.9. The molecule has 2 amide bonds. The lowest BCUT2D eigenvalue weighted by atomic mass is 9.82. The van der Waals surface area contributed by atoms with Gasteiger partial charge in [0.15, 0.2) is 5.71 Å². The molecule has 0 aliphatic carbocycles. The molecule has 1 heterocycles. The smallest absolute Gasteiger partial charge is 0.366 e. The average Bonchev–Trinajstić information content (AvgIpc) is 3.24. The highest BCUT2D eigenvalue weighted by atomic mass is 35.5. The van der Waals surface area contributed by atoms with Gasteiger partial charge < -0.3 is 15.5 Å². The van der Waals surface area contributed by atoms with Gasteiger partial charge in [0, 0.05) is 31.7 Å². The number of alkyl halides is 6. The monoisotopic (exact) mass is 600 g/mol. The Kier molecular flexibility index (Phi) is 8.65. The van der Waals surface area contributed by atoms with Crippen LogP contribution in [0, 0.1) is 17.0 Å². The lowest BCUT2D eigenvalue weighted by Gasteiger charge is -2.30. The van der Waals surface area contributed by atoms with Gasteiger partial charge in [0.05, 0.1) is 6.54 Å². The van der Waals surface area contributed by atoms with E-state index < -0.39 is 65.1 Å². The number of amides is 2. The number of halogens is 8. The Bertz CT molecular complexity index is 1320. The molecular weight excluding hydrogens is 585 g/mol. The Morgan fingerprint density at radius 1 is 1.15 bits per heavy atom. The number of oxime groups is 1. The number of aryl methyl sites for hydroxylation is 1. The van der Waals surface area contributed by atoms with Crippen molar-refractivity contribution in [3.8, 4) is 0 Å². The van der Waals surface area contributed by atoms with Crippen LogP contribution in [-0.2, 0) is 15.2 Å². The molecule has 0 saturated carbocycles. The first kappa shape index (κ1) is 30.0. The molecule has 17 heteroatoms. The largest absolute Gasteiger partial charge is 0.443 e. The third kappa shape index (κ3) is 6.03. The molecule has 2 aromatic rings. The molecule has 9 nitrogen and oxygen atoms in total. The fourth-order valence-corrected chi connectivity index (χ4v) is 4.35. The van der Waals surface area contributed by atoms with Crippen molar-refractivity contribution >= 4 is 40.7 Å². The van der Waals surface area contributed by atoms with Gasteiger partial charge in [0.2, 0.25) is 12.2 Å². The predicted molar refractivity (Wildman–Crippen MR) is 125 cm³/mol. The summed E-state index contributed by atoms with van der Waals surface area (Å²) in [7, 11) is 0. The Morgan fingerprint density at radius 2 is 1.77 bits per heavy atom. The minimum atomic E-state index is -5.37. The van der Waals surface area contributed by atoms with Gasteiger partial charge in [-0.25, -0.2) is 13.2 Å². The van der Waals surface area contributed by atoms with Gasteiger partial charge >= 0.3 is 17.8 Å². The number of hydrogen-bond acceptors (Lipinski definition) is 6. The second-order valence-corrected chi connectivity index (χ2v) is 9.04. The van der Waals surface area contributed by atoms with Crippen molar-refractivity contribution in [2.24, 2.45) is 5.16 Å². The summed E-state index contributed by atoms with van der Waals surface area (Å²) in [5.74, 6) is -2.17. The molecule has 0 saturated heterocycles. The van der Waals surface area contributed by atoms with Crippen LogP contribution in [0.4, 0.5) is 26.3 Å². The van der Waals surface area contributed by atoms with Gasteiger partial charge in [0.1, 0.15) is 0 Å². The number of benzene rings is 2. The van der Waals surface area contributed by atoms with Gasteiger partial charge in [-0.15, -0.1) is 0 Å². The molecular formula is C22H16Cl2F6N4O5. The lowest BCUT2D eigenvalue weighted by Crippen LogP contribution is -2.56. The van der Waals surface area contributed by atoms with Gasteiger partial charge in [-0.05, 0) is 42.8 Å². The summed E-state index contributed by atoms with van der Waals surface area (Å²) >= 11 is 11.7. The molecule has 0 radical (unpaired) electrons. The van der Waals surface area contributed by atoms with Crippen LogP contribution in [0.15, 0.2) is 41.6 Å². The van der Waals surface area contributed by atoms with E-state index in [2.05, 4.69) is 10.5 Å². The SMILES string of the molecule is Cc1cc(C2=NOC(c3cc(Cl)cc(Cl)c3)(C(F)(F)F)C2[N+](=O)[O-])ccc1C(=O)NCC(=O)NC(F)C(F)F. The first-order chi connectivity index (χ1) is 18.1. The van der Waals surface area contributed by atoms with Crippen LogP contribution >= 0.6 is 23.2 Å². The van der Waals surface area contributed by atoms with Gasteiger partial charge in [-0.2, -0.15) is 13.2 Å². The maximum atomic E-state index is 14.4. The molecule has 0 fully saturated rings. The van der Waals surface area contributed by atoms with E-state index in [0.717, 1.165) is 36.4 Å². The summed E-state index contributed by atoms with van der Waals surface area (Å²) in [6.45, 7) is 0.464. The number of hydrogen-bond donors (Lipinski definition) is 2. The van der Waals surface area contributed by atoms with Gasteiger partial charge in [0.25, 0.3) is 12.3 Å². The van der Waals surface area contributed by atoms with Crippen LogP contribution in [0.5, 0.6) is 0 Å².